The van der Waals surface area contributed by atoms with E-state index in [4.69, 9.17) is 5.11 Å². The fraction of sp³-hybridized carbons (Fsp3) is 0.294. The van der Waals surface area contributed by atoms with Crippen LogP contribution in [-0.2, 0) is 11.2 Å². The highest BCUT2D eigenvalue weighted by molar-refractivity contribution is 7.08. The second kappa shape index (κ2) is 6.32. The summed E-state index contributed by atoms with van der Waals surface area (Å²) in [4.78, 5) is 22.8. The van der Waals surface area contributed by atoms with Gasteiger partial charge in [-0.05, 0) is 58.8 Å². The van der Waals surface area contributed by atoms with Crippen LogP contribution in [0.3, 0.4) is 0 Å². The van der Waals surface area contributed by atoms with E-state index in [1.54, 1.807) is 35.6 Å². The molecule has 1 aliphatic rings. The molecule has 1 aromatic carbocycles. The molecule has 22 heavy (non-hydrogen) atoms. The molecule has 0 aliphatic heterocycles. The lowest BCUT2D eigenvalue weighted by Gasteiger charge is -2.05. The molecule has 3 rings (SSSR count). The Hall–Kier alpha value is -2.14. The summed E-state index contributed by atoms with van der Waals surface area (Å²) in [6, 6.07) is 8.86. The molecule has 5 heteroatoms. The van der Waals surface area contributed by atoms with E-state index < -0.39 is 5.97 Å². The number of hydrogen-bond acceptors (Lipinski definition) is 3. The summed E-state index contributed by atoms with van der Waals surface area (Å²) < 4.78 is 0. The fourth-order valence-electron chi connectivity index (χ4n) is 2.61. The van der Waals surface area contributed by atoms with Gasteiger partial charge in [0.05, 0.1) is 5.56 Å². The van der Waals surface area contributed by atoms with Crippen molar-refractivity contribution in [2.24, 2.45) is 5.92 Å². The SMILES string of the molecule is O=C(O)c1ccc(CCNC(=O)[C@@H]2C[C@H]2c2ccsc2)cc1. The maximum absolute atomic E-state index is 12.1. The number of hydrogen-bond donors (Lipinski definition) is 2. The summed E-state index contributed by atoms with van der Waals surface area (Å²) in [5.74, 6) is -0.295. The van der Waals surface area contributed by atoms with Crippen molar-refractivity contribution in [3.05, 3.63) is 57.8 Å². The molecule has 1 saturated carbocycles. The largest absolute Gasteiger partial charge is 0.478 e. The fourth-order valence-corrected chi connectivity index (χ4v) is 3.34. The molecule has 0 unspecified atom stereocenters. The first-order valence-corrected chi connectivity index (χ1v) is 8.21. The third-order valence-corrected chi connectivity index (χ3v) is 4.71. The first kappa shape index (κ1) is 14.8. The molecule has 2 atom stereocenters. The number of carboxylic acids is 1. The van der Waals surface area contributed by atoms with Gasteiger partial charge >= 0.3 is 5.97 Å². The minimum absolute atomic E-state index is 0.115. The topological polar surface area (TPSA) is 66.4 Å². The van der Waals surface area contributed by atoms with Gasteiger partial charge in [-0.15, -0.1) is 0 Å². The van der Waals surface area contributed by atoms with Crippen molar-refractivity contribution in [3.8, 4) is 0 Å². The number of benzene rings is 1. The smallest absolute Gasteiger partial charge is 0.335 e. The standard InChI is InChI=1S/C17H17NO3S/c19-16(15-9-14(15)13-6-8-22-10-13)18-7-5-11-1-3-12(4-2-11)17(20)21/h1-4,6,8,10,14-15H,5,7,9H2,(H,18,19)(H,20,21)/t14-,15+/m0/s1. The molecule has 0 saturated heterocycles. The minimum Gasteiger partial charge on any atom is -0.478 e. The summed E-state index contributed by atoms with van der Waals surface area (Å²) in [5, 5.41) is 16.0. The Kier molecular flexibility index (Phi) is 4.24. The summed E-state index contributed by atoms with van der Waals surface area (Å²) in [7, 11) is 0. The van der Waals surface area contributed by atoms with Gasteiger partial charge < -0.3 is 10.4 Å². The van der Waals surface area contributed by atoms with E-state index in [2.05, 4.69) is 16.8 Å². The Bertz CT molecular complexity index is 664. The number of carbonyl (C=O) groups is 2. The van der Waals surface area contributed by atoms with E-state index in [1.165, 1.54) is 5.56 Å². The zero-order chi connectivity index (χ0) is 15.5. The normalized spacial score (nSPS) is 19.6. The average Bonchev–Trinajstić information content (AvgIpc) is 3.13. The van der Waals surface area contributed by atoms with Gasteiger partial charge in [0.2, 0.25) is 5.91 Å². The lowest BCUT2D eigenvalue weighted by atomic mass is 10.1. The van der Waals surface area contributed by atoms with Crippen LogP contribution in [0.1, 0.15) is 33.8 Å². The van der Waals surface area contributed by atoms with Crippen molar-refractivity contribution >= 4 is 23.2 Å². The van der Waals surface area contributed by atoms with Crippen LogP contribution in [0.5, 0.6) is 0 Å². The van der Waals surface area contributed by atoms with Gasteiger partial charge in [0.25, 0.3) is 0 Å². The number of rotatable bonds is 6. The number of carboxylic acid groups (broad SMARTS) is 1. The van der Waals surface area contributed by atoms with Gasteiger partial charge in [0, 0.05) is 12.5 Å². The van der Waals surface area contributed by atoms with E-state index in [0.29, 0.717) is 18.9 Å². The molecule has 1 aliphatic carbocycles. The van der Waals surface area contributed by atoms with Crippen LogP contribution in [0.4, 0.5) is 0 Å². The van der Waals surface area contributed by atoms with Gasteiger partial charge in [0.15, 0.2) is 0 Å². The second-order valence-electron chi connectivity index (χ2n) is 5.55. The molecule has 0 radical (unpaired) electrons. The van der Waals surface area contributed by atoms with E-state index in [-0.39, 0.29) is 17.4 Å². The van der Waals surface area contributed by atoms with E-state index in [9.17, 15) is 9.59 Å². The average molecular weight is 315 g/mol. The van der Waals surface area contributed by atoms with Crippen LogP contribution in [0.2, 0.25) is 0 Å². The minimum atomic E-state index is -0.923. The van der Waals surface area contributed by atoms with Crippen LogP contribution >= 0.6 is 11.3 Å². The highest BCUT2D eigenvalue weighted by Gasteiger charge is 2.43. The molecule has 0 bridgehead atoms. The number of nitrogens with one attached hydrogen (secondary N) is 1. The van der Waals surface area contributed by atoms with Crippen LogP contribution in [0.25, 0.3) is 0 Å². The molecule has 1 heterocycles. The predicted octanol–water partition coefficient (Wildman–Crippen LogP) is 2.91. The van der Waals surface area contributed by atoms with E-state index >= 15 is 0 Å². The van der Waals surface area contributed by atoms with Gasteiger partial charge in [-0.2, -0.15) is 11.3 Å². The van der Waals surface area contributed by atoms with Gasteiger partial charge in [-0.25, -0.2) is 4.79 Å². The maximum atomic E-state index is 12.1. The molecular weight excluding hydrogens is 298 g/mol. The van der Waals surface area contributed by atoms with Crippen molar-refractivity contribution in [2.75, 3.05) is 6.54 Å². The highest BCUT2D eigenvalue weighted by atomic mass is 32.1. The van der Waals surface area contributed by atoms with Gasteiger partial charge in [-0.1, -0.05) is 12.1 Å². The molecule has 1 aromatic heterocycles. The first-order chi connectivity index (χ1) is 10.6. The van der Waals surface area contributed by atoms with Crippen LogP contribution in [-0.4, -0.2) is 23.5 Å². The molecule has 4 nitrogen and oxygen atoms in total. The molecule has 1 amide bonds. The Labute approximate surface area is 132 Å². The molecule has 2 aromatic rings. The molecule has 2 N–H and O–H groups in total. The molecule has 1 fully saturated rings. The number of thiophene rings is 1. The Balaban J connectivity index is 1.43. The summed E-state index contributed by atoms with van der Waals surface area (Å²) >= 11 is 1.67. The van der Waals surface area contributed by atoms with Crippen LogP contribution in [0.15, 0.2) is 41.1 Å². The molecule has 0 spiro atoms. The van der Waals surface area contributed by atoms with Crippen molar-refractivity contribution < 1.29 is 14.7 Å². The van der Waals surface area contributed by atoms with E-state index in [0.717, 1.165) is 12.0 Å². The van der Waals surface area contributed by atoms with Crippen molar-refractivity contribution in [1.82, 2.24) is 5.32 Å². The second-order valence-corrected chi connectivity index (χ2v) is 6.33. The quantitative estimate of drug-likeness (QED) is 0.861. The maximum Gasteiger partial charge on any atom is 0.335 e. The Morgan fingerprint density at radius 2 is 2.00 bits per heavy atom. The lowest BCUT2D eigenvalue weighted by Crippen LogP contribution is -2.27. The van der Waals surface area contributed by atoms with E-state index in [1.807, 2.05) is 5.38 Å². The molecule has 114 valence electrons. The van der Waals surface area contributed by atoms with Crippen LogP contribution in [0, 0.1) is 5.92 Å². The third-order valence-electron chi connectivity index (χ3n) is 4.01. The third kappa shape index (κ3) is 3.36. The summed E-state index contributed by atoms with van der Waals surface area (Å²) in [6.07, 6.45) is 1.65. The van der Waals surface area contributed by atoms with Crippen LogP contribution < -0.4 is 5.32 Å². The first-order valence-electron chi connectivity index (χ1n) is 7.27. The van der Waals surface area contributed by atoms with Gasteiger partial charge in [-0.3, -0.25) is 4.79 Å². The van der Waals surface area contributed by atoms with Crippen molar-refractivity contribution in [1.29, 1.82) is 0 Å². The van der Waals surface area contributed by atoms with Crippen molar-refractivity contribution in [2.45, 2.75) is 18.8 Å². The highest BCUT2D eigenvalue weighted by Crippen LogP contribution is 2.48. The number of carbonyl (C=O) groups excluding carboxylic acids is 1. The number of amides is 1. The predicted molar refractivity (Wildman–Crippen MR) is 85.3 cm³/mol. The Morgan fingerprint density at radius 3 is 2.64 bits per heavy atom. The zero-order valence-electron chi connectivity index (χ0n) is 12.0. The zero-order valence-corrected chi connectivity index (χ0v) is 12.8. The lowest BCUT2D eigenvalue weighted by molar-refractivity contribution is -0.122. The number of aromatic carboxylic acids is 1. The van der Waals surface area contributed by atoms with Gasteiger partial charge in [0.1, 0.15) is 0 Å². The van der Waals surface area contributed by atoms with Crippen molar-refractivity contribution in [3.63, 3.8) is 0 Å². The monoisotopic (exact) mass is 315 g/mol. The molecular formula is C17H17NO3S. The summed E-state index contributed by atoms with van der Waals surface area (Å²) in [5.41, 5.74) is 2.58. The summed E-state index contributed by atoms with van der Waals surface area (Å²) in [6.45, 7) is 0.581. The Morgan fingerprint density at radius 1 is 1.23 bits per heavy atom.